The van der Waals surface area contributed by atoms with Crippen LogP contribution in [0.4, 0.5) is 10.1 Å². The molecule has 1 aromatic heterocycles. The number of benzene rings is 2. The maximum atomic E-state index is 13.8. The van der Waals surface area contributed by atoms with Crippen LogP contribution in [0.25, 0.3) is 21.9 Å². The molecule has 148 valence electrons. The number of hydrogen-bond donors (Lipinski definition) is 3. The van der Waals surface area contributed by atoms with Gasteiger partial charge >= 0.3 is 0 Å². The second kappa shape index (κ2) is 6.92. The van der Waals surface area contributed by atoms with Crippen molar-refractivity contribution in [1.82, 2.24) is 4.57 Å². The molecule has 7 heteroatoms. The summed E-state index contributed by atoms with van der Waals surface area (Å²) < 4.78 is 35.5. The lowest BCUT2D eigenvalue weighted by molar-refractivity contribution is 0.495. The van der Waals surface area contributed by atoms with E-state index in [4.69, 9.17) is 0 Å². The Morgan fingerprint density at radius 3 is 2.57 bits per heavy atom. The predicted octanol–water partition coefficient (Wildman–Crippen LogP) is 4.91. The molecular formula is C21H23FN2O3S. The van der Waals surface area contributed by atoms with Crippen molar-refractivity contribution in [3.8, 4) is 11.1 Å². The summed E-state index contributed by atoms with van der Waals surface area (Å²) in [5.41, 5.74) is 2.07. The summed E-state index contributed by atoms with van der Waals surface area (Å²) in [6, 6.07) is 9.47. The van der Waals surface area contributed by atoms with Crippen LogP contribution in [0.3, 0.4) is 0 Å². The molecule has 0 spiro atoms. The standard InChI is InChI=1S/C21H23FN2O3S/c1-24-12-19(16-7-5-14(22)9-18(16)21(24)25)17-10-15(28(2,26)27)6-8-20(17)23-11-13-3-4-13/h5-10,12-13,23,26-27H,3-4,11H2,1-2H3. The monoisotopic (exact) mass is 402 g/mol. The third kappa shape index (κ3) is 3.65. The van der Waals surface area contributed by atoms with E-state index in [2.05, 4.69) is 5.32 Å². The van der Waals surface area contributed by atoms with Crippen molar-refractivity contribution >= 4 is 27.0 Å². The highest BCUT2D eigenvalue weighted by Gasteiger charge is 2.22. The number of rotatable bonds is 5. The number of pyridine rings is 1. The first kappa shape index (κ1) is 19.0. The van der Waals surface area contributed by atoms with Gasteiger partial charge in [-0.25, -0.2) is 4.39 Å². The number of fused-ring (bicyclic) bond motifs is 1. The summed E-state index contributed by atoms with van der Waals surface area (Å²) in [7, 11) is -1.27. The normalized spacial score (nSPS) is 15.0. The maximum Gasteiger partial charge on any atom is 0.258 e. The van der Waals surface area contributed by atoms with Gasteiger partial charge in [-0.05, 0) is 54.5 Å². The smallest absolute Gasteiger partial charge is 0.258 e. The number of halogens is 1. The fourth-order valence-corrected chi connectivity index (χ4v) is 4.04. The molecule has 0 amide bonds. The molecule has 1 heterocycles. The van der Waals surface area contributed by atoms with E-state index < -0.39 is 16.4 Å². The van der Waals surface area contributed by atoms with Gasteiger partial charge in [0.1, 0.15) is 5.82 Å². The molecule has 28 heavy (non-hydrogen) atoms. The second-order valence-electron chi connectivity index (χ2n) is 7.51. The van der Waals surface area contributed by atoms with Crippen LogP contribution in [0.2, 0.25) is 0 Å². The Bertz CT molecular complexity index is 1120. The van der Waals surface area contributed by atoms with Gasteiger partial charge in [-0.1, -0.05) is 6.07 Å². The average molecular weight is 402 g/mol. The van der Waals surface area contributed by atoms with Crippen LogP contribution in [-0.2, 0) is 7.05 Å². The van der Waals surface area contributed by atoms with Gasteiger partial charge in [-0.3, -0.25) is 13.9 Å². The van der Waals surface area contributed by atoms with Crippen LogP contribution in [0.5, 0.6) is 0 Å². The van der Waals surface area contributed by atoms with E-state index in [0.717, 1.165) is 23.4 Å². The van der Waals surface area contributed by atoms with Gasteiger partial charge in [0, 0.05) is 42.9 Å². The molecule has 0 aliphatic heterocycles. The zero-order valence-electron chi connectivity index (χ0n) is 15.8. The molecule has 1 aliphatic rings. The van der Waals surface area contributed by atoms with Crippen molar-refractivity contribution in [2.75, 3.05) is 18.1 Å². The molecule has 0 radical (unpaired) electrons. The van der Waals surface area contributed by atoms with E-state index in [1.165, 1.54) is 35.8 Å². The second-order valence-corrected chi connectivity index (χ2v) is 9.65. The highest BCUT2D eigenvalue weighted by atomic mass is 32.3. The fourth-order valence-electron chi connectivity index (χ4n) is 3.37. The molecule has 1 fully saturated rings. The molecule has 2 aromatic carbocycles. The zero-order valence-corrected chi connectivity index (χ0v) is 16.6. The molecule has 1 saturated carbocycles. The Hall–Kier alpha value is -2.35. The Labute approximate surface area is 164 Å². The van der Waals surface area contributed by atoms with Crippen LogP contribution in [0.1, 0.15) is 12.8 Å². The molecule has 0 saturated heterocycles. The SMILES string of the molecule is Cn1cc(-c2cc(S(C)(O)O)ccc2NCC2CC2)c2ccc(F)cc2c1=O. The summed E-state index contributed by atoms with van der Waals surface area (Å²) in [4.78, 5) is 12.9. The molecular weight excluding hydrogens is 379 g/mol. The highest BCUT2D eigenvalue weighted by molar-refractivity contribution is 8.23. The number of nitrogens with zero attached hydrogens (tertiary/aromatic N) is 1. The topological polar surface area (TPSA) is 74.5 Å². The minimum Gasteiger partial charge on any atom is -0.384 e. The molecule has 4 rings (SSSR count). The number of hydrogen-bond acceptors (Lipinski definition) is 4. The van der Waals surface area contributed by atoms with Crippen molar-refractivity contribution in [3.05, 3.63) is 58.8 Å². The third-order valence-electron chi connectivity index (χ3n) is 5.15. The van der Waals surface area contributed by atoms with Crippen molar-refractivity contribution < 1.29 is 13.5 Å². The van der Waals surface area contributed by atoms with Gasteiger partial charge in [0.05, 0.1) is 10.3 Å². The third-order valence-corrected chi connectivity index (χ3v) is 6.30. The van der Waals surface area contributed by atoms with Crippen LogP contribution < -0.4 is 10.9 Å². The fraction of sp³-hybridized carbons (Fsp3) is 0.286. The van der Waals surface area contributed by atoms with Gasteiger partial charge < -0.3 is 9.88 Å². The number of anilines is 1. The molecule has 0 bridgehead atoms. The zero-order chi connectivity index (χ0) is 20.1. The van der Waals surface area contributed by atoms with Gasteiger partial charge in [0.15, 0.2) is 0 Å². The summed E-state index contributed by atoms with van der Waals surface area (Å²) in [5, 5.41) is 4.37. The number of nitrogens with one attached hydrogen (secondary N) is 1. The molecule has 5 nitrogen and oxygen atoms in total. The molecule has 3 N–H and O–H groups in total. The van der Waals surface area contributed by atoms with Crippen molar-refractivity contribution in [2.24, 2.45) is 13.0 Å². The first-order valence-electron chi connectivity index (χ1n) is 9.14. The van der Waals surface area contributed by atoms with Crippen molar-refractivity contribution in [3.63, 3.8) is 0 Å². The Morgan fingerprint density at radius 1 is 1.14 bits per heavy atom. The van der Waals surface area contributed by atoms with Gasteiger partial charge in [0.25, 0.3) is 5.56 Å². The van der Waals surface area contributed by atoms with E-state index in [1.54, 1.807) is 31.4 Å². The number of aromatic nitrogens is 1. The summed E-state index contributed by atoms with van der Waals surface area (Å²) >= 11 is 0. The molecule has 1 aliphatic carbocycles. The van der Waals surface area contributed by atoms with E-state index in [1.807, 2.05) is 6.07 Å². The summed E-state index contributed by atoms with van der Waals surface area (Å²) in [5.74, 6) is 0.190. The van der Waals surface area contributed by atoms with Gasteiger partial charge in [-0.2, -0.15) is 10.6 Å². The maximum absolute atomic E-state index is 13.8. The van der Waals surface area contributed by atoms with Crippen LogP contribution in [-0.4, -0.2) is 26.5 Å². The minimum absolute atomic E-state index is 0.276. The number of aryl methyl sites for hydroxylation is 1. The Kier molecular flexibility index (Phi) is 4.69. The minimum atomic E-state index is -2.90. The summed E-state index contributed by atoms with van der Waals surface area (Å²) in [6.07, 6.45) is 5.51. The molecule has 0 atom stereocenters. The predicted molar refractivity (Wildman–Crippen MR) is 113 cm³/mol. The van der Waals surface area contributed by atoms with Crippen molar-refractivity contribution in [2.45, 2.75) is 17.7 Å². The lowest BCUT2D eigenvalue weighted by Gasteiger charge is -2.28. The van der Waals surface area contributed by atoms with E-state index in [-0.39, 0.29) is 5.56 Å². The molecule has 3 aromatic rings. The Morgan fingerprint density at radius 2 is 1.89 bits per heavy atom. The lowest BCUT2D eigenvalue weighted by Crippen LogP contribution is -2.17. The van der Waals surface area contributed by atoms with E-state index in [0.29, 0.717) is 21.6 Å². The first-order chi connectivity index (χ1) is 13.2. The van der Waals surface area contributed by atoms with Gasteiger partial charge in [0.2, 0.25) is 0 Å². The lowest BCUT2D eigenvalue weighted by atomic mass is 9.99. The molecule has 0 unspecified atom stereocenters. The van der Waals surface area contributed by atoms with E-state index in [9.17, 15) is 18.3 Å². The first-order valence-corrected chi connectivity index (χ1v) is 11.1. The Balaban J connectivity index is 1.96. The van der Waals surface area contributed by atoms with Crippen LogP contribution >= 0.6 is 10.6 Å². The van der Waals surface area contributed by atoms with Crippen LogP contribution in [0, 0.1) is 11.7 Å². The average Bonchev–Trinajstić information content (AvgIpc) is 3.47. The summed E-state index contributed by atoms with van der Waals surface area (Å²) in [6.45, 7) is 0.840. The largest absolute Gasteiger partial charge is 0.384 e. The van der Waals surface area contributed by atoms with Crippen LogP contribution in [0.15, 0.2) is 52.3 Å². The highest BCUT2D eigenvalue weighted by Crippen LogP contribution is 2.47. The van der Waals surface area contributed by atoms with E-state index >= 15 is 0 Å². The van der Waals surface area contributed by atoms with Crippen molar-refractivity contribution in [1.29, 1.82) is 0 Å². The quantitative estimate of drug-likeness (QED) is 0.567. The van der Waals surface area contributed by atoms with Gasteiger partial charge in [-0.15, -0.1) is 0 Å².